The average molecular weight is 505 g/mol. The minimum atomic E-state index is -0.414. The second kappa shape index (κ2) is 11.2. The maximum Gasteiger partial charge on any atom is 0.293 e. The molecule has 4 rings (SSSR count). The van der Waals surface area contributed by atoms with Crippen molar-refractivity contribution in [3.05, 3.63) is 108 Å². The number of thiocarbonyl (C=S) groups is 2. The molecule has 2 amide bonds. The Bertz CT molecular complexity index is 1210. The number of carbonyl (C=O) groups excluding carboxylic acids is 2. The standard InChI is InChI=1S/C25H20N4O4S2/c30-22(20-3-1-13-32-20)28-24(34)26-18-9-5-16(6-10-18)15-17-7-11-19(12-8-17)27-25(35)29-23(31)21-4-2-14-33-21/h1-14H,15H2,(H2,26,28,30,34)(H2,27,29,31,35). The van der Waals surface area contributed by atoms with Crippen LogP contribution in [0.3, 0.4) is 0 Å². The zero-order valence-electron chi connectivity index (χ0n) is 18.2. The van der Waals surface area contributed by atoms with Gasteiger partial charge in [-0.2, -0.15) is 0 Å². The molecule has 8 nitrogen and oxygen atoms in total. The SMILES string of the molecule is O=C(NC(=S)Nc1ccc(Cc2ccc(NC(=S)NC(=O)c3ccco3)cc2)cc1)c1ccco1. The number of furan rings is 2. The predicted octanol–water partition coefficient (Wildman–Crippen LogP) is 4.72. The van der Waals surface area contributed by atoms with Crippen LogP contribution in [0.5, 0.6) is 0 Å². The molecule has 35 heavy (non-hydrogen) atoms. The fourth-order valence-corrected chi connectivity index (χ4v) is 3.54. The molecule has 2 heterocycles. The van der Waals surface area contributed by atoms with Crippen molar-refractivity contribution < 1.29 is 18.4 Å². The summed E-state index contributed by atoms with van der Waals surface area (Å²) in [5.74, 6) is -0.456. The van der Waals surface area contributed by atoms with E-state index in [1.165, 1.54) is 12.5 Å². The number of hydrogen-bond acceptors (Lipinski definition) is 6. The molecule has 0 fully saturated rings. The summed E-state index contributed by atoms with van der Waals surface area (Å²) in [6.45, 7) is 0. The van der Waals surface area contributed by atoms with Crippen LogP contribution in [-0.2, 0) is 6.42 Å². The van der Waals surface area contributed by atoms with Gasteiger partial charge in [-0.3, -0.25) is 20.2 Å². The summed E-state index contributed by atoms with van der Waals surface area (Å²) >= 11 is 10.4. The number of rotatable bonds is 6. The van der Waals surface area contributed by atoms with Gasteiger partial charge in [-0.15, -0.1) is 0 Å². The molecule has 0 aliphatic carbocycles. The van der Waals surface area contributed by atoms with Crippen LogP contribution in [0.15, 0.2) is 94.2 Å². The second-order valence-electron chi connectivity index (χ2n) is 7.34. The Labute approximate surface area is 211 Å². The smallest absolute Gasteiger partial charge is 0.293 e. The number of nitrogens with one attached hydrogen (secondary N) is 4. The highest BCUT2D eigenvalue weighted by molar-refractivity contribution is 7.80. The number of anilines is 2. The van der Waals surface area contributed by atoms with E-state index in [1.807, 2.05) is 48.5 Å². The quantitative estimate of drug-likeness (QED) is 0.280. The van der Waals surface area contributed by atoms with Crippen molar-refractivity contribution in [1.82, 2.24) is 10.6 Å². The van der Waals surface area contributed by atoms with Crippen LogP contribution in [0.4, 0.5) is 11.4 Å². The van der Waals surface area contributed by atoms with Gasteiger partial charge < -0.3 is 19.5 Å². The zero-order chi connectivity index (χ0) is 24.6. The first-order chi connectivity index (χ1) is 17.0. The van der Waals surface area contributed by atoms with Crippen molar-refractivity contribution in [3.63, 3.8) is 0 Å². The fourth-order valence-electron chi connectivity index (χ4n) is 3.12. The van der Waals surface area contributed by atoms with Gasteiger partial charge in [0.1, 0.15) is 0 Å². The Morgan fingerprint density at radius 3 is 1.37 bits per heavy atom. The molecular weight excluding hydrogens is 484 g/mol. The minimum Gasteiger partial charge on any atom is -0.459 e. The molecule has 0 bridgehead atoms. The summed E-state index contributed by atoms with van der Waals surface area (Å²) in [6, 6.07) is 21.8. The highest BCUT2D eigenvalue weighted by atomic mass is 32.1. The lowest BCUT2D eigenvalue weighted by molar-refractivity contribution is 0.0943. The van der Waals surface area contributed by atoms with Gasteiger partial charge in [0.15, 0.2) is 21.7 Å². The lowest BCUT2D eigenvalue weighted by atomic mass is 10.0. The normalized spacial score (nSPS) is 10.3. The highest BCUT2D eigenvalue weighted by Crippen LogP contribution is 2.16. The molecule has 0 atom stereocenters. The molecule has 0 aliphatic rings. The molecule has 10 heteroatoms. The zero-order valence-corrected chi connectivity index (χ0v) is 19.9. The average Bonchev–Trinajstić information content (AvgIpc) is 3.56. The van der Waals surface area contributed by atoms with Crippen LogP contribution in [0, 0.1) is 0 Å². The van der Waals surface area contributed by atoms with Gasteiger partial charge in [-0.05, 0) is 90.5 Å². The Hall–Kier alpha value is -4.28. The van der Waals surface area contributed by atoms with E-state index >= 15 is 0 Å². The van der Waals surface area contributed by atoms with E-state index in [-0.39, 0.29) is 21.7 Å². The summed E-state index contributed by atoms with van der Waals surface area (Å²) in [5, 5.41) is 11.4. The summed E-state index contributed by atoms with van der Waals surface area (Å²) in [5.41, 5.74) is 3.71. The van der Waals surface area contributed by atoms with Gasteiger partial charge in [0.25, 0.3) is 11.8 Å². The largest absolute Gasteiger partial charge is 0.459 e. The van der Waals surface area contributed by atoms with Crippen LogP contribution < -0.4 is 21.3 Å². The third-order valence-corrected chi connectivity index (χ3v) is 5.18. The lowest BCUT2D eigenvalue weighted by Gasteiger charge is -2.10. The summed E-state index contributed by atoms with van der Waals surface area (Å²) in [4.78, 5) is 24.0. The Kier molecular flexibility index (Phi) is 7.66. The summed E-state index contributed by atoms with van der Waals surface area (Å²) < 4.78 is 10.1. The van der Waals surface area contributed by atoms with Crippen LogP contribution >= 0.6 is 24.4 Å². The van der Waals surface area contributed by atoms with Crippen molar-refractivity contribution in [2.24, 2.45) is 0 Å². The molecule has 0 unspecified atom stereocenters. The summed E-state index contributed by atoms with van der Waals surface area (Å²) in [6.07, 6.45) is 3.57. The Balaban J connectivity index is 1.25. The van der Waals surface area contributed by atoms with Crippen molar-refractivity contribution >= 4 is 57.8 Å². The molecule has 0 saturated carbocycles. The van der Waals surface area contributed by atoms with Crippen LogP contribution in [0.2, 0.25) is 0 Å². The Morgan fingerprint density at radius 2 is 1.03 bits per heavy atom. The molecular formula is C25H20N4O4S2. The molecule has 0 radical (unpaired) electrons. The van der Waals surface area contributed by atoms with Crippen molar-refractivity contribution in [1.29, 1.82) is 0 Å². The van der Waals surface area contributed by atoms with Crippen LogP contribution in [0.25, 0.3) is 0 Å². The monoisotopic (exact) mass is 504 g/mol. The van der Waals surface area contributed by atoms with Crippen LogP contribution in [0.1, 0.15) is 32.2 Å². The third-order valence-electron chi connectivity index (χ3n) is 4.78. The maximum atomic E-state index is 12.0. The molecule has 4 aromatic rings. The molecule has 2 aromatic heterocycles. The van der Waals surface area contributed by atoms with E-state index in [0.717, 1.165) is 28.9 Å². The van der Waals surface area contributed by atoms with Gasteiger partial charge in [-0.1, -0.05) is 24.3 Å². The van der Waals surface area contributed by atoms with Gasteiger partial charge in [0, 0.05) is 11.4 Å². The number of carbonyl (C=O) groups is 2. The summed E-state index contributed by atoms with van der Waals surface area (Å²) in [7, 11) is 0. The molecule has 0 spiro atoms. The number of benzene rings is 2. The van der Waals surface area contributed by atoms with Gasteiger partial charge in [0.05, 0.1) is 12.5 Å². The van der Waals surface area contributed by atoms with Gasteiger partial charge >= 0.3 is 0 Å². The predicted molar refractivity (Wildman–Crippen MR) is 140 cm³/mol. The topological polar surface area (TPSA) is 109 Å². The second-order valence-corrected chi connectivity index (χ2v) is 8.16. The van der Waals surface area contributed by atoms with E-state index < -0.39 is 11.8 Å². The van der Waals surface area contributed by atoms with Gasteiger partial charge in [-0.25, -0.2) is 0 Å². The molecule has 0 aliphatic heterocycles. The highest BCUT2D eigenvalue weighted by Gasteiger charge is 2.11. The van der Waals surface area contributed by atoms with Crippen molar-refractivity contribution in [3.8, 4) is 0 Å². The maximum absolute atomic E-state index is 12.0. The van der Waals surface area contributed by atoms with Crippen LogP contribution in [-0.4, -0.2) is 22.0 Å². The van der Waals surface area contributed by atoms with Gasteiger partial charge in [0.2, 0.25) is 0 Å². The first-order valence-electron chi connectivity index (χ1n) is 10.5. The molecule has 0 saturated heterocycles. The number of hydrogen-bond donors (Lipinski definition) is 4. The van der Waals surface area contributed by atoms with E-state index in [4.69, 9.17) is 33.3 Å². The minimum absolute atomic E-state index is 0.181. The molecule has 2 aromatic carbocycles. The Morgan fingerprint density at radius 1 is 0.629 bits per heavy atom. The third kappa shape index (κ3) is 6.85. The van der Waals surface area contributed by atoms with E-state index in [2.05, 4.69) is 21.3 Å². The van der Waals surface area contributed by atoms with Crippen molar-refractivity contribution in [2.45, 2.75) is 6.42 Å². The number of amides is 2. The van der Waals surface area contributed by atoms with E-state index in [0.29, 0.717) is 0 Å². The molecule has 176 valence electrons. The first kappa shape index (κ1) is 23.9. The fraction of sp³-hybridized carbons (Fsp3) is 0.0400. The van der Waals surface area contributed by atoms with Crippen molar-refractivity contribution in [2.75, 3.05) is 10.6 Å². The lowest BCUT2D eigenvalue weighted by Crippen LogP contribution is -2.33. The first-order valence-corrected chi connectivity index (χ1v) is 11.3. The van der Waals surface area contributed by atoms with E-state index in [1.54, 1.807) is 24.3 Å². The van der Waals surface area contributed by atoms with E-state index in [9.17, 15) is 9.59 Å². The molecule has 4 N–H and O–H groups in total.